The molecule has 8 heteroatoms. The van der Waals surface area contributed by atoms with Crippen LogP contribution in [0.25, 0.3) is 0 Å². The molecule has 0 aromatic heterocycles. The summed E-state index contributed by atoms with van der Waals surface area (Å²) in [7, 11) is 1.96. The van der Waals surface area contributed by atoms with Crippen molar-refractivity contribution in [3.63, 3.8) is 0 Å². The van der Waals surface area contributed by atoms with E-state index in [2.05, 4.69) is 15.5 Å². The highest BCUT2D eigenvalue weighted by Gasteiger charge is 2.24. The highest BCUT2D eigenvalue weighted by Crippen LogP contribution is 2.07. The number of aliphatic carboxylic acids is 1. The topological polar surface area (TPSA) is 125 Å². The summed E-state index contributed by atoms with van der Waals surface area (Å²) in [4.78, 5) is 35.3. The fourth-order valence-electron chi connectivity index (χ4n) is 2.07. The number of carbonyl (C=O) groups excluding carboxylic acids is 2. The Hall–Kier alpha value is -1.83. The Morgan fingerprint density at radius 2 is 2.16 bits per heavy atom. The molecule has 1 rings (SSSR count). The van der Waals surface area contributed by atoms with Crippen molar-refractivity contribution in [2.24, 2.45) is 5.73 Å². The zero-order valence-corrected chi connectivity index (χ0v) is 10.9. The molecule has 0 bridgehead atoms. The van der Waals surface area contributed by atoms with Crippen LogP contribution < -0.4 is 16.4 Å². The summed E-state index contributed by atoms with van der Waals surface area (Å²) < 4.78 is 0. The molecule has 2 unspecified atom stereocenters. The number of carbonyl (C=O) groups is 3. The van der Waals surface area contributed by atoms with E-state index in [0.29, 0.717) is 0 Å². The molecule has 1 aliphatic heterocycles. The lowest BCUT2D eigenvalue weighted by Crippen LogP contribution is -2.53. The monoisotopic (exact) mass is 272 g/mol. The predicted molar refractivity (Wildman–Crippen MR) is 67.4 cm³/mol. The minimum atomic E-state index is -1.29. The SMILES string of the molecule is CN1CCCC(NC(=O)NC(CC(N)=O)C(=O)O)C1. The molecule has 1 saturated heterocycles. The number of piperidine rings is 1. The second-order valence-corrected chi connectivity index (χ2v) is 4.78. The van der Waals surface area contributed by atoms with Gasteiger partial charge in [0.15, 0.2) is 0 Å². The molecule has 0 saturated carbocycles. The predicted octanol–water partition coefficient (Wildman–Crippen LogP) is -1.29. The van der Waals surface area contributed by atoms with Gasteiger partial charge in [-0.15, -0.1) is 0 Å². The summed E-state index contributed by atoms with van der Waals surface area (Å²) in [5.74, 6) is -2.06. The lowest BCUT2D eigenvalue weighted by molar-refractivity contribution is -0.140. The normalized spacial score (nSPS) is 21.4. The van der Waals surface area contributed by atoms with E-state index in [4.69, 9.17) is 10.8 Å². The Kier molecular flexibility index (Phi) is 5.56. The number of hydrogen-bond donors (Lipinski definition) is 4. The van der Waals surface area contributed by atoms with Gasteiger partial charge in [-0.25, -0.2) is 9.59 Å². The number of carboxylic acid groups (broad SMARTS) is 1. The van der Waals surface area contributed by atoms with Crippen molar-refractivity contribution in [2.45, 2.75) is 31.3 Å². The maximum absolute atomic E-state index is 11.7. The minimum absolute atomic E-state index is 0.0122. The molecule has 3 amide bonds. The maximum Gasteiger partial charge on any atom is 0.326 e. The fraction of sp³-hybridized carbons (Fsp3) is 0.727. The van der Waals surface area contributed by atoms with Gasteiger partial charge in [-0.3, -0.25) is 4.79 Å². The summed E-state index contributed by atoms with van der Waals surface area (Å²) in [5, 5.41) is 13.8. The Morgan fingerprint density at radius 3 is 2.68 bits per heavy atom. The Balaban J connectivity index is 2.43. The van der Waals surface area contributed by atoms with Gasteiger partial charge in [0.1, 0.15) is 6.04 Å². The van der Waals surface area contributed by atoms with Crippen LogP contribution in [0.15, 0.2) is 0 Å². The maximum atomic E-state index is 11.7. The van der Waals surface area contributed by atoms with Crippen LogP contribution in [0.1, 0.15) is 19.3 Å². The van der Waals surface area contributed by atoms with Crippen LogP contribution in [0.2, 0.25) is 0 Å². The van der Waals surface area contributed by atoms with Crippen molar-refractivity contribution in [3.05, 3.63) is 0 Å². The van der Waals surface area contributed by atoms with E-state index < -0.39 is 30.4 Å². The molecule has 0 aromatic carbocycles. The second-order valence-electron chi connectivity index (χ2n) is 4.78. The van der Waals surface area contributed by atoms with Gasteiger partial charge >= 0.3 is 12.0 Å². The Bertz CT molecular complexity index is 361. The number of hydrogen-bond acceptors (Lipinski definition) is 4. The second kappa shape index (κ2) is 6.93. The fourth-order valence-corrected chi connectivity index (χ4v) is 2.07. The molecular formula is C11H20N4O4. The van der Waals surface area contributed by atoms with Gasteiger partial charge in [0.2, 0.25) is 5.91 Å². The van der Waals surface area contributed by atoms with Crippen molar-refractivity contribution >= 4 is 17.9 Å². The van der Waals surface area contributed by atoms with Gasteiger partial charge in [0.25, 0.3) is 0 Å². The quantitative estimate of drug-likeness (QED) is 0.495. The first kappa shape index (κ1) is 15.2. The Morgan fingerprint density at radius 1 is 1.47 bits per heavy atom. The van der Waals surface area contributed by atoms with Gasteiger partial charge in [-0.2, -0.15) is 0 Å². The zero-order valence-electron chi connectivity index (χ0n) is 10.9. The molecular weight excluding hydrogens is 252 g/mol. The highest BCUT2D eigenvalue weighted by atomic mass is 16.4. The molecule has 0 spiro atoms. The summed E-state index contributed by atoms with van der Waals surface area (Å²) in [5.41, 5.74) is 4.93. The first-order chi connectivity index (χ1) is 8.88. The van der Waals surface area contributed by atoms with Crippen molar-refractivity contribution in [1.29, 1.82) is 0 Å². The number of nitrogens with zero attached hydrogens (tertiary/aromatic N) is 1. The van der Waals surface area contributed by atoms with Crippen molar-refractivity contribution in [2.75, 3.05) is 20.1 Å². The van der Waals surface area contributed by atoms with E-state index in [0.717, 1.165) is 25.9 Å². The molecule has 108 valence electrons. The number of amides is 3. The third kappa shape index (κ3) is 5.56. The van der Waals surface area contributed by atoms with E-state index in [1.165, 1.54) is 0 Å². The average Bonchev–Trinajstić information content (AvgIpc) is 2.27. The van der Waals surface area contributed by atoms with Gasteiger partial charge < -0.3 is 26.4 Å². The minimum Gasteiger partial charge on any atom is -0.480 e. The molecule has 8 nitrogen and oxygen atoms in total. The molecule has 1 heterocycles. The molecule has 5 N–H and O–H groups in total. The molecule has 0 radical (unpaired) electrons. The molecule has 1 aliphatic rings. The summed E-state index contributed by atoms with van der Waals surface area (Å²) >= 11 is 0. The number of carboxylic acids is 1. The van der Waals surface area contributed by atoms with Crippen molar-refractivity contribution in [3.8, 4) is 0 Å². The van der Waals surface area contributed by atoms with E-state index >= 15 is 0 Å². The summed E-state index contributed by atoms with van der Waals surface area (Å²) in [6.45, 7) is 1.71. The first-order valence-corrected chi connectivity index (χ1v) is 6.15. The third-order valence-corrected chi connectivity index (χ3v) is 2.97. The first-order valence-electron chi connectivity index (χ1n) is 6.15. The van der Waals surface area contributed by atoms with Crippen LogP contribution in [0, 0.1) is 0 Å². The van der Waals surface area contributed by atoms with Gasteiger partial charge in [0.05, 0.1) is 6.42 Å². The number of likely N-dealkylation sites (N-methyl/N-ethyl adjacent to an activating group) is 1. The van der Waals surface area contributed by atoms with Gasteiger partial charge in [0, 0.05) is 12.6 Å². The Labute approximate surface area is 111 Å². The summed E-state index contributed by atoms with van der Waals surface area (Å²) in [6, 6.07) is -1.89. The van der Waals surface area contributed by atoms with Crippen LogP contribution >= 0.6 is 0 Å². The number of likely N-dealkylation sites (tertiary alicyclic amines) is 1. The van der Waals surface area contributed by atoms with E-state index in [9.17, 15) is 14.4 Å². The molecule has 2 atom stereocenters. The van der Waals surface area contributed by atoms with Crippen LogP contribution in [0.4, 0.5) is 4.79 Å². The van der Waals surface area contributed by atoms with Crippen LogP contribution in [-0.4, -0.2) is 60.1 Å². The average molecular weight is 272 g/mol. The van der Waals surface area contributed by atoms with Gasteiger partial charge in [-0.1, -0.05) is 0 Å². The van der Waals surface area contributed by atoms with Crippen LogP contribution in [0.3, 0.4) is 0 Å². The van der Waals surface area contributed by atoms with E-state index in [1.807, 2.05) is 7.05 Å². The van der Waals surface area contributed by atoms with E-state index in [1.54, 1.807) is 0 Å². The van der Waals surface area contributed by atoms with Crippen molar-refractivity contribution in [1.82, 2.24) is 15.5 Å². The number of primary amides is 1. The largest absolute Gasteiger partial charge is 0.480 e. The number of nitrogens with one attached hydrogen (secondary N) is 2. The third-order valence-electron chi connectivity index (χ3n) is 2.97. The van der Waals surface area contributed by atoms with Gasteiger partial charge in [-0.05, 0) is 26.4 Å². The number of nitrogens with two attached hydrogens (primary N) is 1. The van der Waals surface area contributed by atoms with E-state index in [-0.39, 0.29) is 6.04 Å². The van der Waals surface area contributed by atoms with Crippen molar-refractivity contribution < 1.29 is 19.5 Å². The molecule has 0 aliphatic carbocycles. The highest BCUT2D eigenvalue weighted by molar-refractivity contribution is 5.87. The lowest BCUT2D eigenvalue weighted by atomic mass is 10.1. The molecule has 1 fully saturated rings. The molecule has 19 heavy (non-hydrogen) atoms. The van der Waals surface area contributed by atoms with Crippen LogP contribution in [-0.2, 0) is 9.59 Å². The smallest absolute Gasteiger partial charge is 0.326 e. The van der Waals surface area contributed by atoms with Crippen LogP contribution in [0.5, 0.6) is 0 Å². The standard InChI is InChI=1S/C11H20N4O4/c1-15-4-2-3-7(6-15)13-11(19)14-8(10(17)18)5-9(12)16/h7-8H,2-6H2,1H3,(H2,12,16)(H,17,18)(H2,13,14,19). The summed E-state index contributed by atoms with van der Waals surface area (Å²) in [6.07, 6.45) is 1.41. The lowest BCUT2D eigenvalue weighted by Gasteiger charge is -2.30. The number of urea groups is 1. The zero-order chi connectivity index (χ0) is 14.4. The molecule has 0 aromatic rings. The number of rotatable bonds is 5.